The van der Waals surface area contributed by atoms with Crippen LogP contribution in [0.2, 0.25) is 0 Å². The molecule has 12 heteroatoms. The number of halogens is 1. The van der Waals surface area contributed by atoms with Crippen LogP contribution in [0.5, 0.6) is 0 Å². The van der Waals surface area contributed by atoms with E-state index < -0.39 is 20.2 Å². The highest BCUT2D eigenvalue weighted by Crippen LogP contribution is 2.44. The zero-order valence-electron chi connectivity index (χ0n) is 20.8. The van der Waals surface area contributed by atoms with Crippen LogP contribution in [0.4, 0.5) is 22.7 Å². The molecule has 5 rings (SSSR count). The van der Waals surface area contributed by atoms with Crippen molar-refractivity contribution in [3.63, 3.8) is 0 Å². The van der Waals surface area contributed by atoms with Crippen LogP contribution in [0.3, 0.4) is 0 Å². The molecule has 0 unspecified atom stereocenters. The van der Waals surface area contributed by atoms with Gasteiger partial charge in [0.15, 0.2) is 5.78 Å². The standard InChI is InChI=1S/C28H21IN2O7S2/c1-15-7-9-20(24(13-15)39(33,34)35)30-22-11-12-23(31-21-10-8-17(29)14-25(21)40(36,37)38)27-26(22)16(2)18-5-3-4-6-19(18)28(27)32/h3-14,30-31H,2H2,1H3,(H,33,34,35)(H,36,37,38). The molecule has 4 N–H and O–H groups in total. The van der Waals surface area contributed by atoms with Gasteiger partial charge in [0.05, 0.1) is 22.6 Å². The number of fused-ring (bicyclic) bond motifs is 2. The fourth-order valence-electron chi connectivity index (χ4n) is 4.62. The van der Waals surface area contributed by atoms with E-state index in [2.05, 4.69) is 17.2 Å². The number of benzene rings is 4. The zero-order valence-corrected chi connectivity index (χ0v) is 24.6. The summed E-state index contributed by atoms with van der Waals surface area (Å²) in [5, 5.41) is 6.02. The molecule has 40 heavy (non-hydrogen) atoms. The van der Waals surface area contributed by atoms with Gasteiger partial charge in [-0.15, -0.1) is 0 Å². The van der Waals surface area contributed by atoms with E-state index in [0.717, 1.165) is 0 Å². The maximum atomic E-state index is 13.9. The molecule has 0 saturated heterocycles. The highest BCUT2D eigenvalue weighted by atomic mass is 127. The number of hydrogen-bond donors (Lipinski definition) is 4. The summed E-state index contributed by atoms with van der Waals surface area (Å²) < 4.78 is 68.7. The van der Waals surface area contributed by atoms with E-state index in [-0.39, 0.29) is 38.2 Å². The summed E-state index contributed by atoms with van der Waals surface area (Å²) in [5.41, 5.74) is 3.26. The van der Waals surface area contributed by atoms with Crippen LogP contribution >= 0.6 is 22.6 Å². The highest BCUT2D eigenvalue weighted by Gasteiger charge is 2.31. The van der Waals surface area contributed by atoms with E-state index in [4.69, 9.17) is 0 Å². The second-order valence-corrected chi connectivity index (χ2v) is 13.1. The van der Waals surface area contributed by atoms with Crippen molar-refractivity contribution < 1.29 is 30.7 Å². The highest BCUT2D eigenvalue weighted by molar-refractivity contribution is 14.1. The summed E-state index contributed by atoms with van der Waals surface area (Å²) in [6.45, 7) is 5.90. The third-order valence-electron chi connectivity index (χ3n) is 6.41. The van der Waals surface area contributed by atoms with Crippen molar-refractivity contribution in [1.82, 2.24) is 0 Å². The van der Waals surface area contributed by atoms with E-state index in [0.29, 0.717) is 37.1 Å². The molecule has 4 aromatic rings. The molecule has 0 bridgehead atoms. The summed E-state index contributed by atoms with van der Waals surface area (Å²) in [4.78, 5) is 13.2. The molecule has 0 fully saturated rings. The molecule has 0 amide bonds. The summed E-state index contributed by atoms with van der Waals surface area (Å²) in [7, 11) is -9.19. The Morgan fingerprint density at radius 2 is 1.20 bits per heavy atom. The minimum Gasteiger partial charge on any atom is -0.354 e. The summed E-state index contributed by atoms with van der Waals surface area (Å²) in [6, 6.07) is 18.9. The molecular weight excluding hydrogens is 667 g/mol. The Balaban J connectivity index is 1.73. The molecule has 0 aliphatic heterocycles. The Bertz CT molecular complexity index is 1830. The summed E-state index contributed by atoms with van der Waals surface area (Å²) in [5.74, 6) is -0.373. The van der Waals surface area contributed by atoms with Gasteiger partial charge in [-0.05, 0) is 88.7 Å². The SMILES string of the molecule is C=C1c2ccccc2C(=O)c2c(Nc3ccc(I)cc3S(=O)(=O)O)ccc(Nc3ccc(C)cc3S(=O)(=O)O)c21. The van der Waals surface area contributed by atoms with E-state index in [9.17, 15) is 30.7 Å². The topological polar surface area (TPSA) is 150 Å². The van der Waals surface area contributed by atoms with Crippen molar-refractivity contribution >= 4 is 76.9 Å². The van der Waals surface area contributed by atoms with Crippen LogP contribution in [-0.4, -0.2) is 31.7 Å². The quantitative estimate of drug-likeness (QED) is 0.121. The Kier molecular flexibility index (Phi) is 7.08. The number of hydrogen-bond acceptors (Lipinski definition) is 7. The van der Waals surface area contributed by atoms with Gasteiger partial charge in [-0.2, -0.15) is 16.8 Å². The lowest BCUT2D eigenvalue weighted by atomic mass is 9.80. The molecule has 0 atom stereocenters. The minimum atomic E-state index is -4.60. The maximum absolute atomic E-state index is 13.9. The van der Waals surface area contributed by atoms with Crippen LogP contribution in [0, 0.1) is 10.5 Å². The van der Waals surface area contributed by atoms with E-state index in [1.807, 2.05) is 22.6 Å². The van der Waals surface area contributed by atoms with Crippen molar-refractivity contribution in [3.05, 3.63) is 111 Å². The molecule has 9 nitrogen and oxygen atoms in total. The van der Waals surface area contributed by atoms with Gasteiger partial charge < -0.3 is 10.6 Å². The van der Waals surface area contributed by atoms with Crippen molar-refractivity contribution in [3.8, 4) is 0 Å². The van der Waals surface area contributed by atoms with Gasteiger partial charge in [-0.25, -0.2) is 0 Å². The first-order valence-corrected chi connectivity index (χ1v) is 15.6. The molecule has 1 aliphatic rings. The predicted molar refractivity (Wildman–Crippen MR) is 161 cm³/mol. The summed E-state index contributed by atoms with van der Waals surface area (Å²) in [6.07, 6.45) is 0. The van der Waals surface area contributed by atoms with Crippen molar-refractivity contribution in [2.45, 2.75) is 16.7 Å². The first kappa shape index (κ1) is 28.0. The van der Waals surface area contributed by atoms with Gasteiger partial charge in [0, 0.05) is 20.4 Å². The largest absolute Gasteiger partial charge is 0.354 e. The lowest BCUT2D eigenvalue weighted by Crippen LogP contribution is -2.18. The van der Waals surface area contributed by atoms with Crippen molar-refractivity contribution in [2.75, 3.05) is 10.6 Å². The number of aryl methyl sites for hydroxylation is 1. The van der Waals surface area contributed by atoms with E-state index in [1.165, 1.54) is 30.3 Å². The van der Waals surface area contributed by atoms with Gasteiger partial charge in [0.25, 0.3) is 20.2 Å². The number of nitrogens with one attached hydrogen (secondary N) is 2. The van der Waals surface area contributed by atoms with Gasteiger partial charge in [-0.1, -0.05) is 36.9 Å². The van der Waals surface area contributed by atoms with Crippen LogP contribution < -0.4 is 10.6 Å². The second-order valence-electron chi connectivity index (χ2n) is 9.10. The first-order valence-electron chi connectivity index (χ1n) is 11.7. The molecule has 0 heterocycles. The molecular formula is C28H21IN2O7S2. The van der Waals surface area contributed by atoms with Crippen LogP contribution in [0.15, 0.2) is 89.2 Å². The van der Waals surface area contributed by atoms with Gasteiger partial charge in [0.1, 0.15) is 9.79 Å². The normalized spacial score (nSPS) is 13.0. The minimum absolute atomic E-state index is 0.0512. The lowest BCUT2D eigenvalue weighted by Gasteiger charge is -2.27. The zero-order chi connectivity index (χ0) is 29.0. The molecule has 0 radical (unpaired) electrons. The van der Waals surface area contributed by atoms with E-state index >= 15 is 0 Å². The van der Waals surface area contributed by atoms with E-state index in [1.54, 1.807) is 49.4 Å². The Morgan fingerprint density at radius 3 is 1.80 bits per heavy atom. The first-order chi connectivity index (χ1) is 18.8. The van der Waals surface area contributed by atoms with Gasteiger partial charge >= 0.3 is 0 Å². The van der Waals surface area contributed by atoms with Crippen molar-refractivity contribution in [2.24, 2.45) is 0 Å². The Labute approximate surface area is 244 Å². The van der Waals surface area contributed by atoms with Crippen molar-refractivity contribution in [1.29, 1.82) is 0 Å². The van der Waals surface area contributed by atoms with Crippen LogP contribution in [0.25, 0.3) is 5.57 Å². The molecule has 4 aromatic carbocycles. The molecule has 0 aromatic heterocycles. The average molecular weight is 689 g/mol. The maximum Gasteiger partial charge on any atom is 0.296 e. The number of carbonyl (C=O) groups is 1. The molecule has 1 aliphatic carbocycles. The Morgan fingerprint density at radius 1 is 0.700 bits per heavy atom. The number of rotatable bonds is 6. The third kappa shape index (κ3) is 5.15. The average Bonchev–Trinajstić information content (AvgIpc) is 2.88. The van der Waals surface area contributed by atoms with Crippen LogP contribution in [0.1, 0.15) is 32.6 Å². The fraction of sp³-hybridized carbons (Fsp3) is 0.0357. The second kappa shape index (κ2) is 10.1. The number of ketones is 1. The lowest BCUT2D eigenvalue weighted by molar-refractivity contribution is 0.103. The summed E-state index contributed by atoms with van der Waals surface area (Å²) >= 11 is 1.92. The molecule has 0 saturated carbocycles. The molecule has 204 valence electrons. The smallest absolute Gasteiger partial charge is 0.296 e. The molecule has 0 spiro atoms. The monoisotopic (exact) mass is 688 g/mol. The van der Waals surface area contributed by atoms with Crippen LogP contribution in [-0.2, 0) is 20.2 Å². The Hall–Kier alpha value is -3.56. The fourth-order valence-corrected chi connectivity index (χ4v) is 6.73. The van der Waals surface area contributed by atoms with Gasteiger partial charge in [-0.3, -0.25) is 13.9 Å². The number of anilines is 4. The van der Waals surface area contributed by atoms with Gasteiger partial charge in [0.2, 0.25) is 0 Å². The third-order valence-corrected chi connectivity index (χ3v) is 8.86. The predicted octanol–water partition coefficient (Wildman–Crippen LogP) is 6.19. The number of carbonyl (C=O) groups excluding carboxylic acids is 1.